The number of nitrogens with zero attached hydrogens (tertiary/aromatic N) is 5. The normalized spacial score (nSPS) is 15.1. The van der Waals surface area contributed by atoms with Gasteiger partial charge in [-0.15, -0.1) is 0 Å². The molecule has 0 aliphatic heterocycles. The Kier molecular flexibility index (Phi) is 3.99. The van der Waals surface area contributed by atoms with E-state index in [1.807, 2.05) is 20.8 Å². The van der Waals surface area contributed by atoms with Crippen molar-refractivity contribution < 1.29 is 0 Å². The van der Waals surface area contributed by atoms with E-state index in [1.54, 1.807) is 17.1 Å². The number of nitriles is 1. The van der Waals surface area contributed by atoms with Crippen LogP contribution in [0, 0.1) is 18.3 Å². The first kappa shape index (κ1) is 15.8. The van der Waals surface area contributed by atoms with Crippen molar-refractivity contribution in [3.63, 3.8) is 0 Å². The summed E-state index contributed by atoms with van der Waals surface area (Å²) in [5.41, 5.74) is 1.79. The summed E-state index contributed by atoms with van der Waals surface area (Å²) < 4.78 is 1.65. The van der Waals surface area contributed by atoms with Crippen LogP contribution in [0.15, 0.2) is 12.4 Å². The number of halogens is 1. The molecule has 120 valence electrons. The Balaban J connectivity index is 1.87. The second-order valence-electron chi connectivity index (χ2n) is 6.42. The third kappa shape index (κ3) is 3.02. The Bertz CT molecular complexity index is 769. The van der Waals surface area contributed by atoms with Crippen LogP contribution < -0.4 is 5.32 Å². The van der Waals surface area contributed by atoms with Gasteiger partial charge in [-0.3, -0.25) is 4.68 Å². The van der Waals surface area contributed by atoms with Crippen LogP contribution in [-0.2, 0) is 5.54 Å². The zero-order valence-corrected chi connectivity index (χ0v) is 14.2. The maximum atomic E-state index is 9.23. The molecule has 2 aromatic rings. The highest BCUT2D eigenvalue weighted by Gasteiger charge is 2.25. The Labute approximate surface area is 140 Å². The topological polar surface area (TPSA) is 79.4 Å². The van der Waals surface area contributed by atoms with Gasteiger partial charge in [0.05, 0.1) is 40.6 Å². The van der Waals surface area contributed by atoms with Crippen molar-refractivity contribution in [1.29, 1.82) is 5.26 Å². The first-order valence-electron chi connectivity index (χ1n) is 7.68. The molecule has 0 atom stereocenters. The molecule has 1 fully saturated rings. The molecule has 0 aromatic carbocycles. The molecule has 2 aromatic heterocycles. The largest absolute Gasteiger partial charge is 0.321 e. The summed E-state index contributed by atoms with van der Waals surface area (Å²) in [7, 11) is 0. The lowest BCUT2D eigenvalue weighted by Gasteiger charge is -2.25. The second-order valence-corrected chi connectivity index (χ2v) is 6.83. The lowest BCUT2D eigenvalue weighted by molar-refractivity contribution is 0.411. The van der Waals surface area contributed by atoms with Crippen molar-refractivity contribution in [2.45, 2.75) is 51.5 Å². The van der Waals surface area contributed by atoms with Crippen LogP contribution in [0.25, 0.3) is 0 Å². The highest BCUT2D eigenvalue weighted by Crippen LogP contribution is 2.38. The van der Waals surface area contributed by atoms with E-state index < -0.39 is 5.54 Å². The molecule has 0 radical (unpaired) electrons. The van der Waals surface area contributed by atoms with Crippen molar-refractivity contribution in [3.05, 3.63) is 28.8 Å². The van der Waals surface area contributed by atoms with Crippen LogP contribution in [0.4, 0.5) is 11.6 Å². The minimum atomic E-state index is -0.706. The number of nitrogens with one attached hydrogen (secondary N) is 1. The molecule has 1 aliphatic carbocycles. The van der Waals surface area contributed by atoms with Crippen molar-refractivity contribution >= 4 is 23.2 Å². The molecule has 1 aliphatic rings. The van der Waals surface area contributed by atoms with Gasteiger partial charge in [-0.25, -0.2) is 9.97 Å². The molecule has 0 bridgehead atoms. The predicted molar refractivity (Wildman–Crippen MR) is 88.8 cm³/mol. The first-order chi connectivity index (χ1) is 10.9. The van der Waals surface area contributed by atoms with Gasteiger partial charge in [0.1, 0.15) is 5.54 Å². The van der Waals surface area contributed by atoms with Gasteiger partial charge in [-0.1, -0.05) is 18.0 Å². The van der Waals surface area contributed by atoms with Gasteiger partial charge in [0, 0.05) is 5.92 Å². The summed E-state index contributed by atoms with van der Waals surface area (Å²) in [5, 5.41) is 17.4. The smallest absolute Gasteiger partial charge is 0.227 e. The molecule has 6 nitrogen and oxygen atoms in total. The van der Waals surface area contributed by atoms with Gasteiger partial charge in [0.2, 0.25) is 5.95 Å². The van der Waals surface area contributed by atoms with Gasteiger partial charge in [0.15, 0.2) is 0 Å². The fraction of sp³-hybridized carbons (Fsp3) is 0.500. The van der Waals surface area contributed by atoms with Gasteiger partial charge in [-0.05, 0) is 33.6 Å². The summed E-state index contributed by atoms with van der Waals surface area (Å²) in [5.74, 6) is 0.945. The van der Waals surface area contributed by atoms with E-state index in [-0.39, 0.29) is 0 Å². The third-order valence-electron chi connectivity index (χ3n) is 4.25. The van der Waals surface area contributed by atoms with Crippen LogP contribution in [0.2, 0.25) is 5.02 Å². The van der Waals surface area contributed by atoms with E-state index in [0.29, 0.717) is 16.9 Å². The van der Waals surface area contributed by atoms with Crippen molar-refractivity contribution in [1.82, 2.24) is 19.7 Å². The lowest BCUT2D eigenvalue weighted by Crippen LogP contribution is -2.24. The molecule has 1 N–H and O–H groups in total. The molecule has 0 spiro atoms. The summed E-state index contributed by atoms with van der Waals surface area (Å²) in [6.45, 7) is 5.52. The molecule has 1 saturated carbocycles. The van der Waals surface area contributed by atoms with E-state index in [0.717, 1.165) is 29.9 Å². The Hall–Kier alpha value is -2.13. The predicted octanol–water partition coefficient (Wildman–Crippen LogP) is 3.90. The molecule has 0 saturated heterocycles. The van der Waals surface area contributed by atoms with Crippen LogP contribution in [0.5, 0.6) is 0 Å². The first-order valence-corrected chi connectivity index (χ1v) is 8.06. The van der Waals surface area contributed by atoms with Gasteiger partial charge in [-0.2, -0.15) is 10.4 Å². The van der Waals surface area contributed by atoms with E-state index in [2.05, 4.69) is 26.5 Å². The molecule has 0 amide bonds. The number of anilines is 2. The highest BCUT2D eigenvalue weighted by atomic mass is 35.5. The zero-order chi connectivity index (χ0) is 16.6. The molecule has 0 unspecified atom stereocenters. The zero-order valence-electron chi connectivity index (χ0n) is 13.5. The number of aromatic nitrogens is 4. The highest BCUT2D eigenvalue weighted by molar-refractivity contribution is 6.31. The number of rotatable bonds is 4. The molecule has 2 heterocycles. The van der Waals surface area contributed by atoms with Gasteiger partial charge in [0.25, 0.3) is 0 Å². The number of hydrogen-bond donors (Lipinski definition) is 1. The van der Waals surface area contributed by atoms with Crippen molar-refractivity contribution in [2.24, 2.45) is 0 Å². The Morgan fingerprint density at radius 1 is 1.43 bits per heavy atom. The van der Waals surface area contributed by atoms with Crippen molar-refractivity contribution in [2.75, 3.05) is 5.32 Å². The van der Waals surface area contributed by atoms with Gasteiger partial charge >= 0.3 is 0 Å². The van der Waals surface area contributed by atoms with Gasteiger partial charge < -0.3 is 5.32 Å². The average molecular weight is 331 g/mol. The fourth-order valence-corrected chi connectivity index (χ4v) is 2.69. The maximum absolute atomic E-state index is 9.23. The fourth-order valence-electron chi connectivity index (χ4n) is 2.45. The molecule has 23 heavy (non-hydrogen) atoms. The molecular formula is C16H19ClN6. The van der Waals surface area contributed by atoms with Crippen LogP contribution >= 0.6 is 11.6 Å². The second kappa shape index (κ2) is 5.82. The van der Waals surface area contributed by atoms with E-state index in [4.69, 9.17) is 11.6 Å². The molecule has 7 heteroatoms. The molecular weight excluding hydrogens is 312 g/mol. The number of aryl methyl sites for hydroxylation is 1. The average Bonchev–Trinajstić information content (AvgIpc) is 2.83. The minimum Gasteiger partial charge on any atom is -0.321 e. The lowest BCUT2D eigenvalue weighted by atomic mass is 9.83. The maximum Gasteiger partial charge on any atom is 0.227 e. The van der Waals surface area contributed by atoms with Crippen molar-refractivity contribution in [3.8, 4) is 6.07 Å². The summed E-state index contributed by atoms with van der Waals surface area (Å²) in [6.07, 6.45) is 6.93. The third-order valence-corrected chi connectivity index (χ3v) is 4.55. The molecule has 3 rings (SSSR count). The van der Waals surface area contributed by atoms with Crippen LogP contribution in [0.3, 0.4) is 0 Å². The number of hydrogen-bond acceptors (Lipinski definition) is 5. The quantitative estimate of drug-likeness (QED) is 0.919. The van der Waals surface area contributed by atoms with E-state index >= 15 is 0 Å². The summed E-state index contributed by atoms with van der Waals surface area (Å²) in [6, 6.07) is 2.23. The SMILES string of the molecule is Cc1nn(C(C)(C)C#N)cc1Nc1ncc(Cl)c(C2CCC2)n1. The monoisotopic (exact) mass is 330 g/mol. The standard InChI is InChI=1S/C16H19ClN6/c1-10-13(8-23(22-10)16(2,3)9-18)20-15-19-7-12(17)14(21-15)11-5-4-6-11/h7-8,11H,4-6H2,1-3H3,(H,19,20,21). The summed E-state index contributed by atoms with van der Waals surface area (Å²) >= 11 is 6.22. The Morgan fingerprint density at radius 3 is 2.78 bits per heavy atom. The van der Waals surface area contributed by atoms with E-state index in [1.165, 1.54) is 6.42 Å². The van der Waals surface area contributed by atoms with Crippen LogP contribution in [-0.4, -0.2) is 19.7 Å². The van der Waals surface area contributed by atoms with Crippen LogP contribution in [0.1, 0.15) is 50.4 Å². The van der Waals surface area contributed by atoms with E-state index in [9.17, 15) is 5.26 Å². The summed E-state index contributed by atoms with van der Waals surface area (Å²) in [4.78, 5) is 8.82. The minimum absolute atomic E-state index is 0.437. The Morgan fingerprint density at radius 2 is 2.17 bits per heavy atom.